The third-order valence-electron chi connectivity index (χ3n) is 3.26. The molecule has 0 unspecified atom stereocenters. The van der Waals surface area contributed by atoms with Crippen LogP contribution in [0.2, 0.25) is 0 Å². The van der Waals surface area contributed by atoms with E-state index in [-0.39, 0.29) is 11.4 Å². The molecule has 0 radical (unpaired) electrons. The van der Waals surface area contributed by atoms with Crippen LogP contribution in [0.5, 0.6) is 5.75 Å². The predicted octanol–water partition coefficient (Wildman–Crippen LogP) is 1.73. The Hall–Kier alpha value is -3.89. The van der Waals surface area contributed by atoms with Crippen LogP contribution in [0.4, 0.5) is 15.8 Å². The van der Waals surface area contributed by atoms with Crippen LogP contribution in [-0.2, 0) is 4.79 Å². The summed E-state index contributed by atoms with van der Waals surface area (Å²) in [7, 11) is 0. The molecule has 0 aliphatic carbocycles. The lowest BCUT2D eigenvalue weighted by Crippen LogP contribution is -2.20. The standard InChI is InChI=1S/C15H11FN6O4/c16-13-6-3-11(22(24)25)7-14(13)18-15(23)8-26-12-4-1-10(2-5-12)21-9-17-19-20-21/h1-7,9H,8H2,(H,18,23). The van der Waals surface area contributed by atoms with Crippen molar-refractivity contribution in [3.63, 3.8) is 0 Å². The van der Waals surface area contributed by atoms with Gasteiger partial charge in [0.05, 0.1) is 16.3 Å². The van der Waals surface area contributed by atoms with Gasteiger partial charge in [0.1, 0.15) is 17.9 Å². The van der Waals surface area contributed by atoms with E-state index in [0.717, 1.165) is 18.2 Å². The van der Waals surface area contributed by atoms with Crippen molar-refractivity contribution in [1.82, 2.24) is 20.2 Å². The van der Waals surface area contributed by atoms with Crippen molar-refractivity contribution in [3.8, 4) is 11.4 Å². The molecule has 26 heavy (non-hydrogen) atoms. The van der Waals surface area contributed by atoms with Crippen LogP contribution in [0.1, 0.15) is 0 Å². The van der Waals surface area contributed by atoms with E-state index in [1.165, 1.54) is 11.0 Å². The highest BCUT2D eigenvalue weighted by atomic mass is 19.1. The van der Waals surface area contributed by atoms with Gasteiger partial charge in [-0.3, -0.25) is 14.9 Å². The summed E-state index contributed by atoms with van der Waals surface area (Å²) < 4.78 is 20.4. The lowest BCUT2D eigenvalue weighted by molar-refractivity contribution is -0.384. The summed E-state index contributed by atoms with van der Waals surface area (Å²) in [5.74, 6) is -1.04. The Balaban J connectivity index is 1.59. The van der Waals surface area contributed by atoms with E-state index in [0.29, 0.717) is 11.4 Å². The second-order valence-corrected chi connectivity index (χ2v) is 5.01. The maximum Gasteiger partial charge on any atom is 0.271 e. The Morgan fingerprint density at radius 1 is 1.27 bits per heavy atom. The van der Waals surface area contributed by atoms with Crippen molar-refractivity contribution in [2.45, 2.75) is 0 Å². The average Bonchev–Trinajstić information content (AvgIpc) is 3.17. The van der Waals surface area contributed by atoms with Crippen LogP contribution in [-0.4, -0.2) is 37.6 Å². The van der Waals surface area contributed by atoms with Gasteiger partial charge in [-0.25, -0.2) is 9.07 Å². The molecule has 0 aliphatic rings. The number of nitrogens with zero attached hydrogens (tertiary/aromatic N) is 5. The lowest BCUT2D eigenvalue weighted by Gasteiger charge is -2.08. The third-order valence-corrected chi connectivity index (χ3v) is 3.26. The molecule has 1 aromatic heterocycles. The summed E-state index contributed by atoms with van der Waals surface area (Å²) in [6, 6.07) is 9.44. The minimum Gasteiger partial charge on any atom is -0.484 e. The van der Waals surface area contributed by atoms with Crippen molar-refractivity contribution in [2.75, 3.05) is 11.9 Å². The fourth-order valence-electron chi connectivity index (χ4n) is 2.03. The number of carbonyl (C=O) groups is 1. The highest BCUT2D eigenvalue weighted by molar-refractivity contribution is 5.92. The second kappa shape index (κ2) is 7.34. The highest BCUT2D eigenvalue weighted by Crippen LogP contribution is 2.21. The van der Waals surface area contributed by atoms with Gasteiger partial charge in [-0.1, -0.05) is 0 Å². The number of hydrogen-bond donors (Lipinski definition) is 1. The first-order chi connectivity index (χ1) is 12.5. The first kappa shape index (κ1) is 17.0. The molecule has 0 saturated heterocycles. The predicted molar refractivity (Wildman–Crippen MR) is 86.3 cm³/mol. The van der Waals surface area contributed by atoms with Gasteiger partial charge in [0.15, 0.2) is 6.61 Å². The van der Waals surface area contributed by atoms with E-state index in [2.05, 4.69) is 20.8 Å². The zero-order valence-electron chi connectivity index (χ0n) is 13.1. The van der Waals surface area contributed by atoms with E-state index in [1.807, 2.05) is 0 Å². The van der Waals surface area contributed by atoms with Crippen molar-refractivity contribution in [3.05, 3.63) is 64.7 Å². The molecule has 3 aromatic rings. The smallest absolute Gasteiger partial charge is 0.271 e. The van der Waals surface area contributed by atoms with Crippen LogP contribution < -0.4 is 10.1 Å². The van der Waals surface area contributed by atoms with Gasteiger partial charge >= 0.3 is 0 Å². The number of ether oxygens (including phenoxy) is 1. The Bertz CT molecular complexity index is 930. The molecule has 1 heterocycles. The molecule has 0 fully saturated rings. The van der Waals surface area contributed by atoms with E-state index in [4.69, 9.17) is 4.74 Å². The third kappa shape index (κ3) is 3.95. The molecule has 0 aliphatic heterocycles. The Labute approximate surface area is 145 Å². The number of anilines is 1. The molecular formula is C15H11FN6O4. The highest BCUT2D eigenvalue weighted by Gasteiger charge is 2.13. The molecule has 0 atom stereocenters. The summed E-state index contributed by atoms with van der Waals surface area (Å²) >= 11 is 0. The van der Waals surface area contributed by atoms with E-state index in [9.17, 15) is 19.3 Å². The number of nitrogens with one attached hydrogen (secondary N) is 1. The van der Waals surface area contributed by atoms with Crippen LogP contribution in [0.3, 0.4) is 0 Å². The molecule has 0 spiro atoms. The maximum atomic E-state index is 13.6. The maximum absolute atomic E-state index is 13.6. The number of halogens is 1. The van der Waals surface area contributed by atoms with Crippen LogP contribution in [0, 0.1) is 15.9 Å². The minimum atomic E-state index is -0.783. The molecule has 132 valence electrons. The van der Waals surface area contributed by atoms with Gasteiger partial charge in [0.25, 0.3) is 11.6 Å². The number of carbonyl (C=O) groups excluding carboxylic acids is 1. The van der Waals surface area contributed by atoms with Crippen LogP contribution in [0.15, 0.2) is 48.8 Å². The molecule has 1 N–H and O–H groups in total. The number of non-ortho nitro benzene ring substituents is 1. The number of nitro benzene ring substituents is 1. The molecule has 0 saturated carbocycles. The summed E-state index contributed by atoms with van der Waals surface area (Å²) in [6.45, 7) is -0.396. The summed E-state index contributed by atoms with van der Waals surface area (Å²) in [5, 5.41) is 23.7. The van der Waals surface area contributed by atoms with E-state index < -0.39 is 23.3 Å². The number of amides is 1. The SMILES string of the molecule is O=C(COc1ccc(-n2cnnn2)cc1)Nc1cc([N+](=O)[O-])ccc1F. The molecule has 3 rings (SSSR count). The second-order valence-electron chi connectivity index (χ2n) is 5.01. The van der Waals surface area contributed by atoms with Gasteiger partial charge in [-0.05, 0) is 40.8 Å². The topological polar surface area (TPSA) is 125 Å². The number of benzene rings is 2. The van der Waals surface area contributed by atoms with Crippen molar-refractivity contribution >= 4 is 17.3 Å². The molecule has 0 bridgehead atoms. The number of hydrogen-bond acceptors (Lipinski definition) is 7. The molecule has 2 aromatic carbocycles. The Kier molecular flexibility index (Phi) is 4.78. The van der Waals surface area contributed by atoms with E-state index >= 15 is 0 Å². The number of aromatic nitrogens is 4. The number of tetrazole rings is 1. The molecular weight excluding hydrogens is 347 g/mol. The summed E-state index contributed by atoms with van der Waals surface area (Å²) in [5.41, 5.74) is 0.0769. The van der Waals surface area contributed by atoms with E-state index in [1.54, 1.807) is 24.3 Å². The van der Waals surface area contributed by atoms with Crippen molar-refractivity contribution in [1.29, 1.82) is 0 Å². The number of nitro groups is 1. The molecule has 1 amide bonds. The van der Waals surface area contributed by atoms with Gasteiger partial charge in [-0.2, -0.15) is 0 Å². The fraction of sp³-hybridized carbons (Fsp3) is 0.0667. The zero-order valence-corrected chi connectivity index (χ0v) is 13.1. The normalized spacial score (nSPS) is 10.3. The van der Waals surface area contributed by atoms with Gasteiger partial charge in [0.2, 0.25) is 0 Å². The summed E-state index contributed by atoms with van der Waals surface area (Å²) in [4.78, 5) is 21.9. The van der Waals surface area contributed by atoms with Gasteiger partial charge in [0, 0.05) is 12.1 Å². The average molecular weight is 358 g/mol. The molecule has 11 heteroatoms. The summed E-state index contributed by atoms with van der Waals surface area (Å²) in [6.07, 6.45) is 1.43. The quantitative estimate of drug-likeness (QED) is 0.525. The molecule has 10 nitrogen and oxygen atoms in total. The first-order valence-electron chi connectivity index (χ1n) is 7.23. The Morgan fingerprint density at radius 2 is 2.04 bits per heavy atom. The largest absolute Gasteiger partial charge is 0.484 e. The fourth-order valence-corrected chi connectivity index (χ4v) is 2.03. The zero-order chi connectivity index (χ0) is 18.5. The van der Waals surface area contributed by atoms with Crippen molar-refractivity contribution in [2.24, 2.45) is 0 Å². The van der Waals surface area contributed by atoms with Crippen molar-refractivity contribution < 1.29 is 18.8 Å². The lowest BCUT2D eigenvalue weighted by atomic mass is 10.2. The first-order valence-corrected chi connectivity index (χ1v) is 7.23. The Morgan fingerprint density at radius 3 is 2.69 bits per heavy atom. The minimum absolute atomic E-state index is 0.290. The van der Waals surface area contributed by atoms with Gasteiger partial charge < -0.3 is 10.1 Å². The monoisotopic (exact) mass is 358 g/mol. The van der Waals surface area contributed by atoms with Gasteiger partial charge in [-0.15, -0.1) is 5.10 Å². The van der Waals surface area contributed by atoms with Crippen LogP contribution >= 0.6 is 0 Å². The van der Waals surface area contributed by atoms with Crippen LogP contribution in [0.25, 0.3) is 5.69 Å². The number of rotatable bonds is 6.